The normalized spacial score (nSPS) is 49.7. The van der Waals surface area contributed by atoms with Crippen LogP contribution in [-0.4, -0.2) is 29.5 Å². The molecule has 4 rings (SSSR count). The van der Waals surface area contributed by atoms with Gasteiger partial charge in [0.1, 0.15) is 0 Å². The number of Topliss-reactive ketones (excluding diaryl/α,β-unsaturated/α-hetero) is 1. The summed E-state index contributed by atoms with van der Waals surface area (Å²) in [6.45, 7) is 9.74. The van der Waals surface area contributed by atoms with Gasteiger partial charge in [-0.3, -0.25) is 9.59 Å². The highest BCUT2D eigenvalue weighted by Crippen LogP contribution is 2.75. The minimum atomic E-state index is -0.985. The molecular formula is C24H31FO3. The Balaban J connectivity index is 1.88. The molecule has 2 fully saturated rings. The van der Waals surface area contributed by atoms with E-state index in [1.807, 2.05) is 19.1 Å². The van der Waals surface area contributed by atoms with Gasteiger partial charge in [0.15, 0.2) is 18.2 Å². The summed E-state index contributed by atoms with van der Waals surface area (Å²) in [5.74, 6) is -0.0730. The molecule has 0 heterocycles. The number of allylic oxidation sites excluding steroid dienone is 6. The van der Waals surface area contributed by atoms with Crippen LogP contribution < -0.4 is 0 Å². The highest BCUT2D eigenvalue weighted by Gasteiger charge is 2.71. The third-order valence-corrected chi connectivity index (χ3v) is 9.51. The molecule has 152 valence electrons. The van der Waals surface area contributed by atoms with Crippen LogP contribution in [0.3, 0.4) is 0 Å². The molecule has 0 amide bonds. The van der Waals surface area contributed by atoms with E-state index in [0.717, 1.165) is 18.4 Å². The molecule has 0 unspecified atom stereocenters. The first-order valence-corrected chi connectivity index (χ1v) is 10.4. The van der Waals surface area contributed by atoms with E-state index in [-0.39, 0.29) is 23.0 Å². The van der Waals surface area contributed by atoms with E-state index in [4.69, 9.17) is 0 Å². The van der Waals surface area contributed by atoms with Gasteiger partial charge < -0.3 is 5.11 Å². The van der Waals surface area contributed by atoms with Gasteiger partial charge in [0.25, 0.3) is 0 Å². The maximum Gasteiger partial charge on any atom is 0.190 e. The predicted molar refractivity (Wildman–Crippen MR) is 106 cm³/mol. The Hall–Kier alpha value is -1.55. The lowest BCUT2D eigenvalue weighted by Crippen LogP contribution is -2.67. The molecule has 4 aliphatic rings. The zero-order valence-corrected chi connectivity index (χ0v) is 17.5. The first kappa shape index (κ1) is 19.8. The van der Waals surface area contributed by atoms with E-state index >= 15 is 0 Å². The standard InChI is InChI=1S/C24H31FO3/c1-14-10-19-22(3)9-7-16(18(27)13-25)23(22,4)12-20(28)24(19,5)21(2)8-6-15(26)11-17(14)21/h6-8,11,14,19-20,28H,9-10,12-13H2,1-5H3/t14-,19-,20-,21-,22-,23+,24+/m0/s1. The molecule has 2 saturated carbocycles. The van der Waals surface area contributed by atoms with Crippen molar-refractivity contribution in [2.45, 2.75) is 60.0 Å². The molecule has 0 radical (unpaired) electrons. The molecule has 0 aromatic heterocycles. The molecular weight excluding hydrogens is 355 g/mol. The molecule has 3 nitrogen and oxygen atoms in total. The second-order valence-corrected chi connectivity index (χ2v) is 10.4. The third-order valence-electron chi connectivity index (χ3n) is 9.51. The molecule has 4 aliphatic carbocycles. The van der Waals surface area contributed by atoms with Crippen LogP contribution in [0.25, 0.3) is 0 Å². The summed E-state index contributed by atoms with van der Waals surface area (Å²) in [5.41, 5.74) is 0.0200. The number of fused-ring (bicyclic) bond motifs is 5. The van der Waals surface area contributed by atoms with Crippen LogP contribution in [0, 0.1) is 33.5 Å². The van der Waals surface area contributed by atoms with Crippen LogP contribution >= 0.6 is 0 Å². The Kier molecular flexibility index (Phi) is 4.05. The molecule has 1 N–H and O–H groups in total. The smallest absolute Gasteiger partial charge is 0.190 e. The van der Waals surface area contributed by atoms with Crippen LogP contribution in [0.4, 0.5) is 4.39 Å². The zero-order valence-electron chi connectivity index (χ0n) is 17.5. The van der Waals surface area contributed by atoms with Crippen LogP contribution in [-0.2, 0) is 9.59 Å². The van der Waals surface area contributed by atoms with Crippen LogP contribution in [0.2, 0.25) is 0 Å². The van der Waals surface area contributed by atoms with E-state index in [2.05, 4.69) is 27.7 Å². The molecule has 0 aromatic carbocycles. The predicted octanol–water partition coefficient (Wildman–Crippen LogP) is 4.37. The van der Waals surface area contributed by atoms with Gasteiger partial charge >= 0.3 is 0 Å². The Morgan fingerprint density at radius 2 is 1.96 bits per heavy atom. The minimum absolute atomic E-state index is 0.0149. The fourth-order valence-electron chi connectivity index (χ4n) is 7.46. The highest BCUT2D eigenvalue weighted by molar-refractivity contribution is 6.01. The summed E-state index contributed by atoms with van der Waals surface area (Å²) in [6, 6.07) is 0. The number of halogens is 1. The first-order valence-electron chi connectivity index (χ1n) is 10.4. The number of rotatable bonds is 2. The average Bonchev–Trinajstić information content (AvgIpc) is 2.90. The van der Waals surface area contributed by atoms with Gasteiger partial charge in [0.05, 0.1) is 6.10 Å². The van der Waals surface area contributed by atoms with Crippen LogP contribution in [0.5, 0.6) is 0 Å². The first-order chi connectivity index (χ1) is 13.0. The number of ketones is 2. The van der Waals surface area contributed by atoms with Crippen molar-refractivity contribution in [1.82, 2.24) is 0 Å². The molecule has 0 saturated heterocycles. The Bertz CT molecular complexity index is 854. The van der Waals surface area contributed by atoms with Crippen molar-refractivity contribution in [3.63, 3.8) is 0 Å². The van der Waals surface area contributed by atoms with Gasteiger partial charge in [-0.15, -0.1) is 0 Å². The van der Waals surface area contributed by atoms with Crippen molar-refractivity contribution in [2.75, 3.05) is 6.67 Å². The Morgan fingerprint density at radius 1 is 1.29 bits per heavy atom. The quantitative estimate of drug-likeness (QED) is 0.767. The van der Waals surface area contributed by atoms with E-state index in [1.165, 1.54) is 0 Å². The second kappa shape index (κ2) is 5.75. The van der Waals surface area contributed by atoms with Crippen molar-refractivity contribution in [1.29, 1.82) is 0 Å². The zero-order chi connectivity index (χ0) is 20.7. The summed E-state index contributed by atoms with van der Waals surface area (Å²) in [6.07, 6.45) is 8.69. The van der Waals surface area contributed by atoms with Gasteiger partial charge in [0.2, 0.25) is 0 Å². The maximum atomic E-state index is 13.3. The SMILES string of the molecule is C[C@H]1C[C@@H]2[C@](C)([C@@H](O)C[C@]3(C)C(C(=O)CF)=CC[C@@]23C)[C@@]2(C)C=CC(=O)C=C12. The number of alkyl halides is 1. The lowest BCUT2D eigenvalue weighted by atomic mass is 9.35. The van der Waals surface area contributed by atoms with Crippen molar-refractivity contribution in [3.8, 4) is 0 Å². The van der Waals surface area contributed by atoms with Crippen molar-refractivity contribution >= 4 is 11.6 Å². The van der Waals surface area contributed by atoms with Crippen LogP contribution in [0.1, 0.15) is 53.9 Å². The fraction of sp³-hybridized carbons (Fsp3) is 0.667. The number of hydrogen-bond acceptors (Lipinski definition) is 3. The van der Waals surface area contributed by atoms with Crippen molar-refractivity contribution in [3.05, 3.63) is 35.5 Å². The molecule has 4 heteroatoms. The van der Waals surface area contributed by atoms with Crippen molar-refractivity contribution < 1.29 is 19.1 Å². The molecule has 0 bridgehead atoms. The van der Waals surface area contributed by atoms with Gasteiger partial charge in [-0.1, -0.05) is 52.3 Å². The number of carbonyl (C=O) groups excluding carboxylic acids is 2. The summed E-state index contributed by atoms with van der Waals surface area (Å²) in [7, 11) is 0. The highest BCUT2D eigenvalue weighted by atomic mass is 19.1. The second-order valence-electron chi connectivity index (χ2n) is 10.4. The average molecular weight is 387 g/mol. The number of aliphatic hydroxyl groups is 1. The molecule has 28 heavy (non-hydrogen) atoms. The largest absolute Gasteiger partial charge is 0.392 e. The van der Waals surface area contributed by atoms with E-state index in [1.54, 1.807) is 12.2 Å². The van der Waals surface area contributed by atoms with E-state index in [0.29, 0.717) is 12.0 Å². The maximum absolute atomic E-state index is 13.3. The van der Waals surface area contributed by atoms with Gasteiger partial charge in [-0.05, 0) is 48.7 Å². The monoisotopic (exact) mass is 386 g/mol. The topological polar surface area (TPSA) is 54.4 Å². The third kappa shape index (κ3) is 2.03. The van der Waals surface area contributed by atoms with Gasteiger partial charge in [-0.25, -0.2) is 4.39 Å². The fourth-order valence-corrected chi connectivity index (χ4v) is 7.46. The number of carbonyl (C=O) groups is 2. The molecule has 7 atom stereocenters. The number of hydrogen-bond donors (Lipinski definition) is 1. The van der Waals surface area contributed by atoms with E-state index < -0.39 is 34.8 Å². The number of aliphatic hydroxyl groups excluding tert-OH is 1. The Labute approximate surface area is 166 Å². The Morgan fingerprint density at radius 3 is 2.61 bits per heavy atom. The molecule has 0 aromatic rings. The summed E-state index contributed by atoms with van der Waals surface area (Å²) in [5, 5.41) is 11.5. The van der Waals surface area contributed by atoms with Crippen molar-refractivity contribution in [2.24, 2.45) is 33.5 Å². The molecule has 0 spiro atoms. The molecule has 0 aliphatic heterocycles. The summed E-state index contributed by atoms with van der Waals surface area (Å²) >= 11 is 0. The minimum Gasteiger partial charge on any atom is -0.392 e. The van der Waals surface area contributed by atoms with E-state index in [9.17, 15) is 19.1 Å². The van der Waals surface area contributed by atoms with Crippen LogP contribution in [0.15, 0.2) is 35.5 Å². The lowest BCUT2D eigenvalue weighted by Gasteiger charge is -2.69. The lowest BCUT2D eigenvalue weighted by molar-refractivity contribution is -0.205. The summed E-state index contributed by atoms with van der Waals surface area (Å²) < 4.78 is 13.3. The summed E-state index contributed by atoms with van der Waals surface area (Å²) in [4.78, 5) is 24.5. The van der Waals surface area contributed by atoms with Gasteiger partial charge in [0, 0.05) is 21.8 Å². The van der Waals surface area contributed by atoms with Gasteiger partial charge in [-0.2, -0.15) is 0 Å².